The highest BCUT2D eigenvalue weighted by atomic mass is 16.1. The Hall–Kier alpha value is -2.43. The van der Waals surface area contributed by atoms with Crippen LogP contribution in [0.1, 0.15) is 41.5 Å². The molecule has 0 saturated carbocycles. The van der Waals surface area contributed by atoms with Gasteiger partial charge in [0.25, 0.3) is 5.91 Å². The first-order valence-corrected chi connectivity index (χ1v) is 6.98. The number of carbonyl (C=O) groups excluding carboxylic acids is 1. The van der Waals surface area contributed by atoms with Crippen LogP contribution in [-0.4, -0.2) is 22.9 Å². The Morgan fingerprint density at radius 1 is 1.29 bits per heavy atom. The van der Waals surface area contributed by atoms with Crippen molar-refractivity contribution >= 4 is 11.7 Å². The van der Waals surface area contributed by atoms with E-state index in [0.717, 1.165) is 11.4 Å². The van der Waals surface area contributed by atoms with Crippen molar-refractivity contribution in [3.8, 4) is 0 Å². The summed E-state index contributed by atoms with van der Waals surface area (Å²) in [5.41, 5.74) is 2.33. The first kappa shape index (κ1) is 15.0. The maximum Gasteiger partial charge on any atom is 0.251 e. The van der Waals surface area contributed by atoms with Gasteiger partial charge in [0.05, 0.1) is 12.2 Å². The van der Waals surface area contributed by atoms with Crippen molar-refractivity contribution in [2.45, 2.75) is 26.3 Å². The summed E-state index contributed by atoms with van der Waals surface area (Å²) >= 11 is 0. The minimum absolute atomic E-state index is 0.124. The summed E-state index contributed by atoms with van der Waals surface area (Å²) in [5.74, 6) is 0.839. The van der Waals surface area contributed by atoms with Crippen LogP contribution in [-0.2, 0) is 6.54 Å². The molecule has 0 aliphatic carbocycles. The van der Waals surface area contributed by atoms with Crippen molar-refractivity contribution in [3.63, 3.8) is 0 Å². The first-order valence-electron chi connectivity index (χ1n) is 6.98. The molecule has 0 fully saturated rings. The second kappa shape index (κ2) is 6.83. The number of nitrogens with zero attached hydrogens (tertiary/aromatic N) is 2. The molecule has 2 N–H and O–H groups in total. The zero-order valence-electron chi connectivity index (χ0n) is 12.6. The molecule has 2 rings (SSSR count). The van der Waals surface area contributed by atoms with Gasteiger partial charge in [-0.25, -0.2) is 4.98 Å². The molecule has 21 heavy (non-hydrogen) atoms. The van der Waals surface area contributed by atoms with Gasteiger partial charge in [-0.3, -0.25) is 9.78 Å². The normalized spacial score (nSPS) is 10.5. The third kappa shape index (κ3) is 4.02. The molecule has 2 aromatic heterocycles. The van der Waals surface area contributed by atoms with Crippen molar-refractivity contribution in [2.75, 3.05) is 12.4 Å². The zero-order chi connectivity index (χ0) is 15.2. The van der Waals surface area contributed by atoms with Crippen LogP contribution in [0.4, 0.5) is 5.82 Å². The molecule has 1 amide bonds. The third-order valence-electron chi connectivity index (χ3n) is 3.11. The van der Waals surface area contributed by atoms with Gasteiger partial charge in [0.15, 0.2) is 0 Å². The molecule has 0 unspecified atom stereocenters. The second-order valence-electron chi connectivity index (χ2n) is 5.07. The number of amides is 1. The molecule has 2 aromatic rings. The second-order valence-corrected chi connectivity index (χ2v) is 5.07. The SMILES string of the molecule is CNc1cc(C(=O)NCc2ccccn2)cc(C(C)C)n1. The molecule has 0 atom stereocenters. The van der Waals surface area contributed by atoms with E-state index < -0.39 is 0 Å². The molecule has 0 radical (unpaired) electrons. The summed E-state index contributed by atoms with van der Waals surface area (Å²) < 4.78 is 0. The first-order chi connectivity index (χ1) is 10.1. The van der Waals surface area contributed by atoms with Crippen LogP contribution in [0.2, 0.25) is 0 Å². The smallest absolute Gasteiger partial charge is 0.251 e. The fourth-order valence-electron chi connectivity index (χ4n) is 1.88. The van der Waals surface area contributed by atoms with E-state index in [1.807, 2.05) is 24.3 Å². The average molecular weight is 284 g/mol. The Bertz CT molecular complexity index is 611. The maximum atomic E-state index is 12.3. The van der Waals surface area contributed by atoms with Gasteiger partial charge >= 0.3 is 0 Å². The van der Waals surface area contributed by atoms with Gasteiger partial charge in [-0.15, -0.1) is 0 Å². The number of carbonyl (C=O) groups is 1. The number of rotatable bonds is 5. The van der Waals surface area contributed by atoms with E-state index in [-0.39, 0.29) is 11.8 Å². The van der Waals surface area contributed by atoms with Crippen LogP contribution in [0.15, 0.2) is 36.5 Å². The monoisotopic (exact) mass is 284 g/mol. The summed E-state index contributed by atoms with van der Waals surface area (Å²) in [6, 6.07) is 9.21. The van der Waals surface area contributed by atoms with Gasteiger partial charge in [-0.1, -0.05) is 19.9 Å². The van der Waals surface area contributed by atoms with Gasteiger partial charge in [-0.05, 0) is 30.2 Å². The minimum Gasteiger partial charge on any atom is -0.373 e. The van der Waals surface area contributed by atoms with Crippen molar-refractivity contribution in [1.82, 2.24) is 15.3 Å². The van der Waals surface area contributed by atoms with E-state index >= 15 is 0 Å². The van der Waals surface area contributed by atoms with Crippen molar-refractivity contribution in [1.29, 1.82) is 0 Å². The molecule has 0 spiro atoms. The lowest BCUT2D eigenvalue weighted by Gasteiger charge is -2.11. The molecule has 0 bridgehead atoms. The summed E-state index contributed by atoms with van der Waals surface area (Å²) in [4.78, 5) is 20.9. The topological polar surface area (TPSA) is 66.9 Å². The van der Waals surface area contributed by atoms with E-state index in [9.17, 15) is 4.79 Å². The van der Waals surface area contributed by atoms with E-state index in [1.165, 1.54) is 0 Å². The van der Waals surface area contributed by atoms with Crippen molar-refractivity contribution in [2.24, 2.45) is 0 Å². The van der Waals surface area contributed by atoms with E-state index in [1.54, 1.807) is 19.3 Å². The Morgan fingerprint density at radius 2 is 2.10 bits per heavy atom. The molecule has 0 aliphatic rings. The van der Waals surface area contributed by atoms with Gasteiger partial charge < -0.3 is 10.6 Å². The predicted octanol–water partition coefficient (Wildman–Crippen LogP) is 2.57. The Labute approximate surface area is 124 Å². The number of pyridine rings is 2. The average Bonchev–Trinajstić information content (AvgIpc) is 2.53. The molecule has 2 heterocycles. The van der Waals surface area contributed by atoms with Gasteiger partial charge in [0.1, 0.15) is 5.82 Å². The molecule has 0 aliphatic heterocycles. The van der Waals surface area contributed by atoms with Crippen molar-refractivity contribution in [3.05, 3.63) is 53.5 Å². The molecule has 5 nitrogen and oxygen atoms in total. The standard InChI is InChI=1S/C16H20N4O/c1-11(2)14-8-12(9-15(17-3)20-14)16(21)19-10-13-6-4-5-7-18-13/h4-9,11H,10H2,1-3H3,(H,17,20)(H,19,21). The van der Waals surface area contributed by atoms with E-state index in [4.69, 9.17) is 0 Å². The summed E-state index contributed by atoms with van der Waals surface area (Å²) in [7, 11) is 1.79. The number of aromatic nitrogens is 2. The lowest BCUT2D eigenvalue weighted by molar-refractivity contribution is 0.0950. The quantitative estimate of drug-likeness (QED) is 0.885. The molecule has 0 saturated heterocycles. The fourth-order valence-corrected chi connectivity index (χ4v) is 1.88. The highest BCUT2D eigenvalue weighted by Gasteiger charge is 2.11. The van der Waals surface area contributed by atoms with Gasteiger partial charge in [0, 0.05) is 24.5 Å². The molecule has 5 heteroatoms. The fraction of sp³-hybridized carbons (Fsp3) is 0.312. The highest BCUT2D eigenvalue weighted by Crippen LogP contribution is 2.17. The molecule has 0 aromatic carbocycles. The number of anilines is 1. The van der Waals surface area contributed by atoms with Gasteiger partial charge in [0.2, 0.25) is 0 Å². The summed E-state index contributed by atoms with van der Waals surface area (Å²) in [6.07, 6.45) is 1.71. The van der Waals surface area contributed by atoms with E-state index in [0.29, 0.717) is 17.9 Å². The third-order valence-corrected chi connectivity index (χ3v) is 3.11. The van der Waals surface area contributed by atoms with Crippen LogP contribution < -0.4 is 10.6 Å². The lowest BCUT2D eigenvalue weighted by Crippen LogP contribution is -2.23. The van der Waals surface area contributed by atoms with Crippen LogP contribution in [0, 0.1) is 0 Å². The minimum atomic E-state index is -0.124. The molecule has 110 valence electrons. The zero-order valence-corrected chi connectivity index (χ0v) is 12.6. The Morgan fingerprint density at radius 3 is 2.71 bits per heavy atom. The number of nitrogens with one attached hydrogen (secondary N) is 2. The summed E-state index contributed by atoms with van der Waals surface area (Å²) in [5, 5.41) is 5.86. The highest BCUT2D eigenvalue weighted by molar-refractivity contribution is 5.95. The maximum absolute atomic E-state index is 12.3. The predicted molar refractivity (Wildman–Crippen MR) is 83.3 cm³/mol. The number of hydrogen-bond donors (Lipinski definition) is 2. The molecular formula is C16H20N4O. The van der Waals surface area contributed by atoms with Crippen molar-refractivity contribution < 1.29 is 4.79 Å². The molecular weight excluding hydrogens is 264 g/mol. The van der Waals surface area contributed by atoms with E-state index in [2.05, 4.69) is 34.4 Å². The summed E-state index contributed by atoms with van der Waals surface area (Å²) in [6.45, 7) is 4.52. The Balaban J connectivity index is 2.13. The Kier molecular flexibility index (Phi) is 4.87. The van der Waals surface area contributed by atoms with Crippen LogP contribution in [0.3, 0.4) is 0 Å². The van der Waals surface area contributed by atoms with Crippen LogP contribution in [0.5, 0.6) is 0 Å². The van der Waals surface area contributed by atoms with Crippen LogP contribution >= 0.6 is 0 Å². The lowest BCUT2D eigenvalue weighted by atomic mass is 10.1. The van der Waals surface area contributed by atoms with Crippen LogP contribution in [0.25, 0.3) is 0 Å². The number of hydrogen-bond acceptors (Lipinski definition) is 4. The van der Waals surface area contributed by atoms with Gasteiger partial charge in [-0.2, -0.15) is 0 Å². The largest absolute Gasteiger partial charge is 0.373 e.